The first-order valence-corrected chi connectivity index (χ1v) is 6.15. The zero-order chi connectivity index (χ0) is 14.4. The summed E-state index contributed by atoms with van der Waals surface area (Å²) < 4.78 is 10.6. The van der Waals surface area contributed by atoms with E-state index in [1.807, 2.05) is 6.07 Å². The largest absolute Gasteiger partial charge is 0.437 e. The Balaban J connectivity index is 2.16. The summed E-state index contributed by atoms with van der Waals surface area (Å²) >= 11 is 0. The minimum absolute atomic E-state index is 0.174. The van der Waals surface area contributed by atoms with Gasteiger partial charge in [0.2, 0.25) is 12.2 Å². The molecule has 1 heterocycles. The SMILES string of the molecule is CCOC(O)c1nn[nH]c1Oc1cccc(CC=O)c1. The van der Waals surface area contributed by atoms with Crippen LogP contribution in [-0.4, -0.2) is 33.4 Å². The maximum atomic E-state index is 10.5. The summed E-state index contributed by atoms with van der Waals surface area (Å²) in [6.45, 7) is 2.09. The van der Waals surface area contributed by atoms with Gasteiger partial charge >= 0.3 is 0 Å². The number of rotatable bonds is 7. The summed E-state index contributed by atoms with van der Waals surface area (Å²) in [5, 5.41) is 19.6. The number of nitrogens with one attached hydrogen (secondary N) is 1. The van der Waals surface area contributed by atoms with Crippen molar-refractivity contribution in [3.63, 3.8) is 0 Å². The van der Waals surface area contributed by atoms with Crippen LogP contribution in [0.5, 0.6) is 11.6 Å². The van der Waals surface area contributed by atoms with Crippen LogP contribution in [0.15, 0.2) is 24.3 Å². The Morgan fingerprint density at radius 2 is 2.35 bits per heavy atom. The molecule has 20 heavy (non-hydrogen) atoms. The molecule has 0 amide bonds. The first kappa shape index (κ1) is 14.2. The van der Waals surface area contributed by atoms with Gasteiger partial charge in [0.1, 0.15) is 12.0 Å². The minimum Gasteiger partial charge on any atom is -0.437 e. The van der Waals surface area contributed by atoms with E-state index in [0.717, 1.165) is 11.8 Å². The van der Waals surface area contributed by atoms with Gasteiger partial charge in [-0.15, -0.1) is 5.10 Å². The molecule has 0 fully saturated rings. The molecule has 0 saturated heterocycles. The van der Waals surface area contributed by atoms with Crippen molar-refractivity contribution in [1.82, 2.24) is 15.4 Å². The number of aliphatic hydroxyl groups excluding tert-OH is 1. The van der Waals surface area contributed by atoms with Crippen molar-refractivity contribution in [3.05, 3.63) is 35.5 Å². The van der Waals surface area contributed by atoms with Crippen molar-refractivity contribution in [3.8, 4) is 11.6 Å². The Labute approximate surface area is 115 Å². The van der Waals surface area contributed by atoms with Crippen LogP contribution in [-0.2, 0) is 16.0 Å². The molecule has 1 unspecified atom stereocenters. The van der Waals surface area contributed by atoms with Crippen molar-refractivity contribution in [2.24, 2.45) is 0 Å². The number of aromatic nitrogens is 3. The number of aldehydes is 1. The quantitative estimate of drug-likeness (QED) is 0.586. The molecule has 7 nitrogen and oxygen atoms in total. The standard InChI is InChI=1S/C13H15N3O4/c1-2-19-13(18)11-12(15-16-14-11)20-10-5-3-4-9(8-10)6-7-17/h3-5,7-8,13,18H,2,6H2,1H3,(H,14,15,16). The monoisotopic (exact) mass is 277 g/mol. The summed E-state index contributed by atoms with van der Waals surface area (Å²) in [6, 6.07) is 7.05. The molecule has 0 radical (unpaired) electrons. The second kappa shape index (κ2) is 6.78. The maximum absolute atomic E-state index is 10.5. The molecule has 2 rings (SSSR count). The summed E-state index contributed by atoms with van der Waals surface area (Å²) in [4.78, 5) is 10.5. The Morgan fingerprint density at radius 3 is 3.10 bits per heavy atom. The third-order valence-corrected chi connectivity index (χ3v) is 2.54. The highest BCUT2D eigenvalue weighted by molar-refractivity contribution is 5.55. The Bertz CT molecular complexity index is 570. The van der Waals surface area contributed by atoms with Gasteiger partial charge in [-0.05, 0) is 24.6 Å². The highest BCUT2D eigenvalue weighted by Crippen LogP contribution is 2.26. The molecule has 0 saturated carbocycles. The van der Waals surface area contributed by atoms with E-state index < -0.39 is 6.29 Å². The van der Waals surface area contributed by atoms with Gasteiger partial charge in [0, 0.05) is 13.0 Å². The van der Waals surface area contributed by atoms with E-state index in [-0.39, 0.29) is 11.6 Å². The molecule has 0 aliphatic heterocycles. The number of carbonyl (C=O) groups excluding carboxylic acids is 1. The van der Waals surface area contributed by atoms with E-state index in [1.165, 1.54) is 0 Å². The van der Waals surface area contributed by atoms with E-state index in [4.69, 9.17) is 9.47 Å². The average molecular weight is 277 g/mol. The number of carbonyl (C=O) groups is 1. The number of aromatic amines is 1. The molecule has 1 aromatic carbocycles. The number of aliphatic hydroxyl groups is 1. The molecular formula is C13H15N3O4. The topological polar surface area (TPSA) is 97.3 Å². The van der Waals surface area contributed by atoms with Gasteiger partial charge in [0.25, 0.3) is 0 Å². The first-order valence-electron chi connectivity index (χ1n) is 6.15. The molecule has 1 aromatic heterocycles. The van der Waals surface area contributed by atoms with E-state index in [9.17, 15) is 9.90 Å². The van der Waals surface area contributed by atoms with E-state index in [1.54, 1.807) is 25.1 Å². The van der Waals surface area contributed by atoms with Gasteiger partial charge in [0.05, 0.1) is 0 Å². The van der Waals surface area contributed by atoms with Crippen molar-refractivity contribution in [2.45, 2.75) is 19.6 Å². The van der Waals surface area contributed by atoms with Gasteiger partial charge in [0.15, 0.2) is 5.69 Å². The fraction of sp³-hybridized carbons (Fsp3) is 0.308. The van der Waals surface area contributed by atoms with Crippen LogP contribution >= 0.6 is 0 Å². The fourth-order valence-corrected chi connectivity index (χ4v) is 1.65. The number of benzene rings is 1. The van der Waals surface area contributed by atoms with Crippen molar-refractivity contribution in [1.29, 1.82) is 0 Å². The van der Waals surface area contributed by atoms with Crippen LogP contribution < -0.4 is 4.74 Å². The summed E-state index contributed by atoms with van der Waals surface area (Å²) in [7, 11) is 0. The number of nitrogens with zero attached hydrogens (tertiary/aromatic N) is 2. The molecule has 0 aliphatic carbocycles. The lowest BCUT2D eigenvalue weighted by Gasteiger charge is -2.10. The zero-order valence-corrected chi connectivity index (χ0v) is 10.9. The average Bonchev–Trinajstić information content (AvgIpc) is 2.88. The molecule has 1 atom stereocenters. The lowest BCUT2D eigenvalue weighted by Crippen LogP contribution is -2.05. The highest BCUT2D eigenvalue weighted by Gasteiger charge is 2.18. The van der Waals surface area contributed by atoms with E-state index >= 15 is 0 Å². The second-order valence-electron chi connectivity index (χ2n) is 3.95. The van der Waals surface area contributed by atoms with Crippen LogP contribution in [0.2, 0.25) is 0 Å². The summed E-state index contributed by atoms with van der Waals surface area (Å²) in [5.41, 5.74) is 1.00. The predicted octanol–water partition coefficient (Wildman–Crippen LogP) is 1.37. The molecule has 0 spiro atoms. The number of ether oxygens (including phenoxy) is 2. The predicted molar refractivity (Wildman–Crippen MR) is 69.3 cm³/mol. The summed E-state index contributed by atoms with van der Waals surface area (Å²) in [6.07, 6.45) is -0.0690. The number of H-pyrrole nitrogens is 1. The normalized spacial score (nSPS) is 12.1. The molecule has 2 aromatic rings. The maximum Gasteiger partial charge on any atom is 0.244 e. The Kier molecular flexibility index (Phi) is 4.80. The van der Waals surface area contributed by atoms with Crippen molar-refractivity contribution >= 4 is 6.29 Å². The highest BCUT2D eigenvalue weighted by atomic mass is 16.6. The minimum atomic E-state index is -1.20. The third-order valence-electron chi connectivity index (χ3n) is 2.54. The van der Waals surface area contributed by atoms with Crippen LogP contribution in [0.25, 0.3) is 0 Å². The van der Waals surface area contributed by atoms with Crippen molar-refractivity contribution in [2.75, 3.05) is 6.61 Å². The Morgan fingerprint density at radius 1 is 1.50 bits per heavy atom. The van der Waals surface area contributed by atoms with Crippen molar-refractivity contribution < 1.29 is 19.4 Å². The first-order chi connectivity index (χ1) is 9.74. The van der Waals surface area contributed by atoms with Gasteiger partial charge in [-0.25, -0.2) is 5.10 Å². The zero-order valence-electron chi connectivity index (χ0n) is 10.9. The van der Waals surface area contributed by atoms with Gasteiger partial charge in [-0.2, -0.15) is 0 Å². The summed E-state index contributed by atoms with van der Waals surface area (Å²) in [5.74, 6) is 0.717. The molecule has 106 valence electrons. The molecule has 0 bridgehead atoms. The van der Waals surface area contributed by atoms with E-state index in [2.05, 4.69) is 15.4 Å². The van der Waals surface area contributed by atoms with Crippen LogP contribution in [0.4, 0.5) is 0 Å². The number of hydrogen-bond acceptors (Lipinski definition) is 6. The second-order valence-corrected chi connectivity index (χ2v) is 3.95. The lowest BCUT2D eigenvalue weighted by molar-refractivity contribution is -0.107. The number of hydrogen-bond donors (Lipinski definition) is 2. The lowest BCUT2D eigenvalue weighted by atomic mass is 10.1. The van der Waals surface area contributed by atoms with E-state index in [0.29, 0.717) is 18.8 Å². The van der Waals surface area contributed by atoms with Crippen LogP contribution in [0, 0.1) is 0 Å². The Hall–Kier alpha value is -2.25. The fourth-order valence-electron chi connectivity index (χ4n) is 1.65. The van der Waals surface area contributed by atoms with Crippen LogP contribution in [0.3, 0.4) is 0 Å². The molecule has 2 N–H and O–H groups in total. The van der Waals surface area contributed by atoms with Gasteiger partial charge in [-0.3, -0.25) is 0 Å². The smallest absolute Gasteiger partial charge is 0.244 e. The van der Waals surface area contributed by atoms with Gasteiger partial charge in [-0.1, -0.05) is 17.3 Å². The molecular weight excluding hydrogens is 262 g/mol. The third kappa shape index (κ3) is 3.40. The van der Waals surface area contributed by atoms with Gasteiger partial charge < -0.3 is 19.4 Å². The van der Waals surface area contributed by atoms with Crippen LogP contribution in [0.1, 0.15) is 24.5 Å². The molecule has 7 heteroatoms. The molecule has 0 aliphatic rings.